The Morgan fingerprint density at radius 2 is 1.96 bits per heavy atom. The molecule has 0 bridgehead atoms. The van der Waals surface area contributed by atoms with Crippen molar-refractivity contribution in [3.05, 3.63) is 35.9 Å². The molecule has 6 nitrogen and oxygen atoms in total. The first-order valence-electron chi connectivity index (χ1n) is 8.10. The molecule has 0 saturated carbocycles. The summed E-state index contributed by atoms with van der Waals surface area (Å²) in [5.41, 5.74) is -2.11. The Hall–Kier alpha value is -1.92. The third-order valence-electron chi connectivity index (χ3n) is 3.95. The molecule has 2 rings (SSSR count). The minimum absolute atomic E-state index is 0.146. The first-order chi connectivity index (χ1) is 11.1. The number of carbonyl (C=O) groups is 2. The molecule has 2 N–H and O–H groups in total. The molecule has 1 fully saturated rings. The molecule has 0 unspecified atom stereocenters. The average Bonchev–Trinajstić information content (AvgIpc) is 2.50. The summed E-state index contributed by atoms with van der Waals surface area (Å²) in [7, 11) is 0. The average molecular weight is 335 g/mol. The Morgan fingerprint density at radius 3 is 2.54 bits per heavy atom. The number of likely N-dealkylation sites (tertiary alicyclic amines) is 1. The third-order valence-corrected chi connectivity index (χ3v) is 3.95. The van der Waals surface area contributed by atoms with Crippen LogP contribution in [0.25, 0.3) is 0 Å². The molecule has 1 heterocycles. The fraction of sp³-hybridized carbons (Fsp3) is 0.556. The molecule has 1 aromatic carbocycles. The second-order valence-electron chi connectivity index (χ2n) is 7.15. The van der Waals surface area contributed by atoms with E-state index in [1.807, 2.05) is 0 Å². The number of benzene rings is 1. The van der Waals surface area contributed by atoms with Crippen molar-refractivity contribution in [2.24, 2.45) is 0 Å². The Kier molecular flexibility index (Phi) is 5.30. The number of aliphatic hydroxyl groups is 2. The highest BCUT2D eigenvalue weighted by Gasteiger charge is 2.48. The van der Waals surface area contributed by atoms with Crippen LogP contribution < -0.4 is 0 Å². The lowest BCUT2D eigenvalue weighted by Crippen LogP contribution is -2.57. The van der Waals surface area contributed by atoms with Crippen LogP contribution in [0.5, 0.6) is 0 Å². The second-order valence-corrected chi connectivity index (χ2v) is 7.15. The van der Waals surface area contributed by atoms with Gasteiger partial charge in [0.25, 0.3) is 5.91 Å². The Balaban J connectivity index is 2.12. The standard InChI is InChI=1S/C18H25NO5/c1-17(2,3)24-14(20)12-19-11-7-10-18(23,16(19)22)15(21)13-8-5-4-6-9-13/h4-6,8-9,15,21,23H,7,10-12H2,1-3H3/t15-,18+/m0/s1. The first-order valence-corrected chi connectivity index (χ1v) is 8.10. The second kappa shape index (κ2) is 6.91. The Bertz CT molecular complexity index is 595. The van der Waals surface area contributed by atoms with Gasteiger partial charge in [-0.25, -0.2) is 0 Å². The Labute approximate surface area is 142 Å². The molecule has 24 heavy (non-hydrogen) atoms. The van der Waals surface area contributed by atoms with Gasteiger partial charge in [0.05, 0.1) is 0 Å². The molecule has 6 heteroatoms. The molecule has 1 aliphatic rings. The highest BCUT2D eigenvalue weighted by Crippen LogP contribution is 2.34. The topological polar surface area (TPSA) is 87.1 Å². The summed E-state index contributed by atoms with van der Waals surface area (Å²) in [5.74, 6) is -1.18. The van der Waals surface area contributed by atoms with Crippen LogP contribution in [-0.2, 0) is 14.3 Å². The molecular formula is C18H25NO5. The maximum absolute atomic E-state index is 12.7. The molecule has 132 valence electrons. The van der Waals surface area contributed by atoms with E-state index >= 15 is 0 Å². The highest BCUT2D eigenvalue weighted by atomic mass is 16.6. The molecule has 0 radical (unpaired) electrons. The summed E-state index contributed by atoms with van der Waals surface area (Å²) < 4.78 is 5.23. The van der Waals surface area contributed by atoms with Crippen LogP contribution in [0, 0.1) is 0 Å². The summed E-state index contributed by atoms with van der Waals surface area (Å²) in [6.45, 7) is 5.36. The Morgan fingerprint density at radius 1 is 1.33 bits per heavy atom. The van der Waals surface area contributed by atoms with E-state index in [0.29, 0.717) is 18.5 Å². The van der Waals surface area contributed by atoms with E-state index in [4.69, 9.17) is 4.74 Å². The number of nitrogens with zero attached hydrogens (tertiary/aromatic N) is 1. The highest BCUT2D eigenvalue weighted by molar-refractivity contribution is 5.89. The molecule has 1 aliphatic heterocycles. The van der Waals surface area contributed by atoms with Crippen LogP contribution in [0.2, 0.25) is 0 Å². The quantitative estimate of drug-likeness (QED) is 0.813. The third kappa shape index (κ3) is 4.13. The lowest BCUT2D eigenvalue weighted by Gasteiger charge is -2.40. The number of ether oxygens (including phenoxy) is 1. The van der Waals surface area contributed by atoms with Gasteiger partial charge in [-0.05, 0) is 39.2 Å². The van der Waals surface area contributed by atoms with Crippen molar-refractivity contribution in [2.75, 3.05) is 13.1 Å². The van der Waals surface area contributed by atoms with Crippen LogP contribution in [0.4, 0.5) is 0 Å². The molecule has 1 saturated heterocycles. The van der Waals surface area contributed by atoms with Gasteiger partial charge in [0, 0.05) is 6.54 Å². The minimum Gasteiger partial charge on any atom is -0.459 e. The van der Waals surface area contributed by atoms with Crippen LogP contribution in [0.15, 0.2) is 30.3 Å². The lowest BCUT2D eigenvalue weighted by atomic mass is 9.83. The van der Waals surface area contributed by atoms with Crippen molar-refractivity contribution in [2.45, 2.75) is 50.9 Å². The predicted molar refractivity (Wildman–Crippen MR) is 88.0 cm³/mol. The number of esters is 1. The zero-order valence-corrected chi connectivity index (χ0v) is 14.4. The molecule has 0 aliphatic carbocycles. The fourth-order valence-electron chi connectivity index (χ4n) is 2.87. The van der Waals surface area contributed by atoms with Gasteiger partial charge in [-0.1, -0.05) is 30.3 Å². The zero-order valence-electron chi connectivity index (χ0n) is 14.4. The fourth-order valence-corrected chi connectivity index (χ4v) is 2.87. The van der Waals surface area contributed by atoms with Crippen LogP contribution >= 0.6 is 0 Å². The van der Waals surface area contributed by atoms with Crippen molar-refractivity contribution in [3.8, 4) is 0 Å². The summed E-state index contributed by atoms with van der Waals surface area (Å²) in [5, 5.41) is 21.3. The van der Waals surface area contributed by atoms with Crippen molar-refractivity contribution < 1.29 is 24.5 Å². The monoisotopic (exact) mass is 335 g/mol. The van der Waals surface area contributed by atoms with E-state index in [9.17, 15) is 19.8 Å². The number of hydrogen-bond donors (Lipinski definition) is 2. The smallest absolute Gasteiger partial charge is 0.326 e. The summed E-state index contributed by atoms with van der Waals surface area (Å²) >= 11 is 0. The van der Waals surface area contributed by atoms with E-state index in [2.05, 4.69) is 0 Å². The first kappa shape index (κ1) is 18.4. The number of aliphatic hydroxyl groups excluding tert-OH is 1. The van der Waals surface area contributed by atoms with Crippen LogP contribution in [-0.4, -0.2) is 51.3 Å². The van der Waals surface area contributed by atoms with E-state index in [1.54, 1.807) is 51.1 Å². The SMILES string of the molecule is CC(C)(C)OC(=O)CN1CCC[C@@](O)([C@@H](O)c2ccccc2)C1=O. The van der Waals surface area contributed by atoms with E-state index in [0.717, 1.165) is 0 Å². The summed E-state index contributed by atoms with van der Waals surface area (Å²) in [6, 6.07) is 8.56. The number of piperidine rings is 1. The maximum atomic E-state index is 12.7. The van der Waals surface area contributed by atoms with Crippen molar-refractivity contribution in [1.82, 2.24) is 4.90 Å². The van der Waals surface area contributed by atoms with Crippen LogP contribution in [0.3, 0.4) is 0 Å². The van der Waals surface area contributed by atoms with Crippen molar-refractivity contribution in [1.29, 1.82) is 0 Å². The van der Waals surface area contributed by atoms with Gasteiger partial charge >= 0.3 is 5.97 Å². The molecule has 2 atom stereocenters. The molecular weight excluding hydrogens is 310 g/mol. The van der Waals surface area contributed by atoms with Crippen molar-refractivity contribution >= 4 is 11.9 Å². The number of rotatable bonds is 4. The molecule has 1 amide bonds. The van der Waals surface area contributed by atoms with E-state index in [-0.39, 0.29) is 13.0 Å². The number of hydrogen-bond acceptors (Lipinski definition) is 5. The van der Waals surface area contributed by atoms with Gasteiger partial charge in [0.2, 0.25) is 0 Å². The molecule has 0 aromatic heterocycles. The maximum Gasteiger partial charge on any atom is 0.326 e. The van der Waals surface area contributed by atoms with Gasteiger partial charge in [-0.15, -0.1) is 0 Å². The summed E-state index contributed by atoms with van der Waals surface area (Å²) in [6.07, 6.45) is -0.700. The van der Waals surface area contributed by atoms with Gasteiger partial charge < -0.3 is 19.8 Å². The van der Waals surface area contributed by atoms with Gasteiger partial charge in [0.1, 0.15) is 18.2 Å². The number of amides is 1. The minimum atomic E-state index is -1.93. The van der Waals surface area contributed by atoms with Gasteiger partial charge in [0.15, 0.2) is 5.60 Å². The van der Waals surface area contributed by atoms with E-state index < -0.39 is 29.2 Å². The lowest BCUT2D eigenvalue weighted by molar-refractivity contribution is -0.178. The normalized spacial score (nSPS) is 23.0. The number of carbonyl (C=O) groups excluding carboxylic acids is 2. The summed E-state index contributed by atoms with van der Waals surface area (Å²) in [4.78, 5) is 25.9. The largest absolute Gasteiger partial charge is 0.459 e. The molecule has 1 aromatic rings. The predicted octanol–water partition coefficient (Wildman–Crippen LogP) is 1.42. The van der Waals surface area contributed by atoms with E-state index in [1.165, 1.54) is 4.90 Å². The molecule has 0 spiro atoms. The van der Waals surface area contributed by atoms with Gasteiger partial charge in [-0.3, -0.25) is 9.59 Å². The van der Waals surface area contributed by atoms with Crippen molar-refractivity contribution in [3.63, 3.8) is 0 Å². The van der Waals surface area contributed by atoms with Gasteiger partial charge in [-0.2, -0.15) is 0 Å². The zero-order chi connectivity index (χ0) is 18.0. The van der Waals surface area contributed by atoms with Crippen LogP contribution in [0.1, 0.15) is 45.3 Å².